The van der Waals surface area contributed by atoms with Crippen LogP contribution >= 0.6 is 11.6 Å². The number of hydrogen-bond donors (Lipinski definition) is 2. The van der Waals surface area contributed by atoms with Crippen LogP contribution in [0.15, 0.2) is 23.1 Å². The minimum Gasteiger partial charge on any atom is -0.399 e. The molecule has 0 aliphatic heterocycles. The summed E-state index contributed by atoms with van der Waals surface area (Å²) in [6, 6.07) is 4.68. The number of nitrogens with two attached hydrogens (primary N) is 1. The molecule has 2 bridgehead atoms. The number of anilines is 1. The van der Waals surface area contributed by atoms with Gasteiger partial charge >= 0.3 is 0 Å². The molecule has 1 aromatic rings. The molecule has 6 heteroatoms. The monoisotopic (exact) mass is 312 g/mol. The highest BCUT2D eigenvalue weighted by molar-refractivity contribution is 7.89. The van der Waals surface area contributed by atoms with E-state index in [1.165, 1.54) is 31.4 Å². The van der Waals surface area contributed by atoms with Crippen LogP contribution < -0.4 is 10.5 Å². The summed E-state index contributed by atoms with van der Waals surface area (Å²) in [6.45, 7) is 0. The lowest BCUT2D eigenvalue weighted by molar-refractivity contribution is 0.456. The van der Waals surface area contributed by atoms with Crippen LogP contribution in [0.4, 0.5) is 5.69 Å². The molecule has 4 unspecified atom stereocenters. The summed E-state index contributed by atoms with van der Waals surface area (Å²) in [5.41, 5.74) is 6.07. The molecule has 0 heterocycles. The second-order valence-corrected chi connectivity index (χ2v) is 8.41. The van der Waals surface area contributed by atoms with Crippen LogP contribution in [0.2, 0.25) is 5.02 Å². The summed E-state index contributed by atoms with van der Waals surface area (Å²) in [5.74, 6) is 2.58. The maximum atomic E-state index is 12.5. The van der Waals surface area contributed by atoms with Crippen molar-refractivity contribution in [3.05, 3.63) is 23.2 Å². The van der Waals surface area contributed by atoms with Gasteiger partial charge < -0.3 is 5.73 Å². The van der Waals surface area contributed by atoms with Gasteiger partial charge in [0.2, 0.25) is 10.0 Å². The highest BCUT2D eigenvalue weighted by atomic mass is 35.5. The summed E-state index contributed by atoms with van der Waals surface area (Å²) in [6.07, 6.45) is 3.83. The van der Waals surface area contributed by atoms with E-state index in [9.17, 15) is 8.42 Å². The average Bonchev–Trinajstić information content (AvgIpc) is 2.81. The Morgan fingerprint density at radius 1 is 1.20 bits per heavy atom. The lowest BCUT2D eigenvalue weighted by Crippen LogP contribution is -2.30. The van der Waals surface area contributed by atoms with Crippen molar-refractivity contribution in [3.8, 4) is 0 Å². The number of nitrogens with one attached hydrogen (secondary N) is 1. The molecular formula is C14H17ClN2O2S. The van der Waals surface area contributed by atoms with Crippen LogP contribution in [-0.2, 0) is 10.0 Å². The van der Waals surface area contributed by atoms with Crippen molar-refractivity contribution in [1.29, 1.82) is 0 Å². The second-order valence-electron chi connectivity index (χ2n) is 6.32. The predicted molar refractivity (Wildman–Crippen MR) is 77.8 cm³/mol. The van der Waals surface area contributed by atoms with Gasteiger partial charge in [0, 0.05) is 11.7 Å². The van der Waals surface area contributed by atoms with Crippen LogP contribution in [0.1, 0.15) is 19.3 Å². The summed E-state index contributed by atoms with van der Waals surface area (Å²) < 4.78 is 27.8. The SMILES string of the molecule is Nc1ccc(Cl)c(S(=O)(=O)NC2C3C4CCC(C4)C23)c1. The molecule has 4 rings (SSSR count). The molecule has 20 heavy (non-hydrogen) atoms. The summed E-state index contributed by atoms with van der Waals surface area (Å²) in [4.78, 5) is 0.0940. The van der Waals surface area contributed by atoms with Gasteiger partial charge in [0.05, 0.1) is 5.02 Å². The Balaban J connectivity index is 1.58. The van der Waals surface area contributed by atoms with E-state index in [0.717, 1.165) is 11.8 Å². The van der Waals surface area contributed by atoms with E-state index in [2.05, 4.69) is 4.72 Å². The highest BCUT2D eigenvalue weighted by Crippen LogP contribution is 2.65. The van der Waals surface area contributed by atoms with Gasteiger partial charge in [-0.3, -0.25) is 0 Å². The van der Waals surface area contributed by atoms with E-state index < -0.39 is 10.0 Å². The smallest absolute Gasteiger partial charge is 0.242 e. The number of fused-ring (bicyclic) bond motifs is 5. The molecule has 4 nitrogen and oxygen atoms in total. The van der Waals surface area contributed by atoms with Crippen LogP contribution in [0, 0.1) is 23.7 Å². The van der Waals surface area contributed by atoms with E-state index in [0.29, 0.717) is 17.5 Å². The van der Waals surface area contributed by atoms with Crippen molar-refractivity contribution < 1.29 is 8.42 Å². The minimum atomic E-state index is -3.57. The van der Waals surface area contributed by atoms with Gasteiger partial charge in [0.25, 0.3) is 0 Å². The third-order valence-electron chi connectivity index (χ3n) is 5.27. The molecular weight excluding hydrogens is 296 g/mol. The molecule has 0 spiro atoms. The van der Waals surface area contributed by atoms with Crippen molar-refractivity contribution in [2.24, 2.45) is 23.7 Å². The normalized spacial score (nSPS) is 38.0. The molecule has 0 radical (unpaired) electrons. The third kappa shape index (κ3) is 1.80. The molecule has 3 fully saturated rings. The highest BCUT2D eigenvalue weighted by Gasteiger charge is 2.65. The fourth-order valence-corrected chi connectivity index (χ4v) is 6.29. The van der Waals surface area contributed by atoms with Crippen molar-refractivity contribution in [1.82, 2.24) is 4.72 Å². The van der Waals surface area contributed by atoms with Gasteiger partial charge in [-0.2, -0.15) is 0 Å². The first-order valence-corrected chi connectivity index (χ1v) is 8.91. The van der Waals surface area contributed by atoms with Crippen LogP contribution in [0.3, 0.4) is 0 Å². The minimum absolute atomic E-state index is 0.0940. The number of sulfonamides is 1. The Labute approximate surface area is 123 Å². The maximum Gasteiger partial charge on any atom is 0.242 e. The first-order valence-electron chi connectivity index (χ1n) is 7.05. The molecule has 3 saturated carbocycles. The molecule has 0 amide bonds. The van der Waals surface area contributed by atoms with Crippen molar-refractivity contribution in [2.45, 2.75) is 30.2 Å². The number of rotatable bonds is 3. The zero-order valence-electron chi connectivity index (χ0n) is 10.9. The van der Waals surface area contributed by atoms with Gasteiger partial charge in [0.1, 0.15) is 4.90 Å². The van der Waals surface area contributed by atoms with Crippen molar-refractivity contribution in [2.75, 3.05) is 5.73 Å². The summed E-state index contributed by atoms with van der Waals surface area (Å²) >= 11 is 6.00. The molecule has 3 N–H and O–H groups in total. The Kier molecular flexibility index (Phi) is 2.66. The lowest BCUT2D eigenvalue weighted by Gasteiger charge is -2.12. The number of halogens is 1. The van der Waals surface area contributed by atoms with Gasteiger partial charge in [-0.1, -0.05) is 11.6 Å². The molecule has 108 valence electrons. The van der Waals surface area contributed by atoms with Gasteiger partial charge in [0.15, 0.2) is 0 Å². The Bertz CT molecular complexity index is 660. The molecule has 1 aromatic carbocycles. The summed E-state index contributed by atoms with van der Waals surface area (Å²) in [7, 11) is -3.57. The Hall–Kier alpha value is -0.780. The molecule has 0 aromatic heterocycles. The lowest BCUT2D eigenvalue weighted by atomic mass is 10.0. The summed E-state index contributed by atoms with van der Waals surface area (Å²) in [5, 5.41) is 0.223. The number of benzene rings is 1. The zero-order valence-corrected chi connectivity index (χ0v) is 12.5. The van der Waals surface area contributed by atoms with Crippen LogP contribution in [-0.4, -0.2) is 14.5 Å². The number of hydrogen-bond acceptors (Lipinski definition) is 3. The predicted octanol–water partition coefficient (Wildman–Crippen LogP) is 2.25. The second kappa shape index (κ2) is 4.12. The third-order valence-corrected chi connectivity index (χ3v) is 7.21. The fraction of sp³-hybridized carbons (Fsp3) is 0.571. The fourth-order valence-electron chi connectivity index (χ4n) is 4.45. The first kappa shape index (κ1) is 12.9. The quantitative estimate of drug-likeness (QED) is 0.841. The van der Waals surface area contributed by atoms with E-state index in [-0.39, 0.29) is 16.0 Å². The molecule has 0 saturated heterocycles. The standard InChI is InChI=1S/C14H17ClN2O2S/c15-10-4-3-9(16)6-11(10)20(18,19)17-14-12-7-1-2-8(5-7)13(12)14/h3-4,6-8,12-14,17H,1-2,5,16H2. The maximum absolute atomic E-state index is 12.5. The largest absolute Gasteiger partial charge is 0.399 e. The molecule has 3 aliphatic carbocycles. The van der Waals surface area contributed by atoms with E-state index in [1.54, 1.807) is 6.07 Å². The van der Waals surface area contributed by atoms with E-state index >= 15 is 0 Å². The van der Waals surface area contributed by atoms with Crippen LogP contribution in [0.5, 0.6) is 0 Å². The van der Waals surface area contributed by atoms with Crippen LogP contribution in [0.25, 0.3) is 0 Å². The van der Waals surface area contributed by atoms with Gasteiger partial charge in [-0.15, -0.1) is 0 Å². The van der Waals surface area contributed by atoms with Crippen molar-refractivity contribution >= 4 is 27.3 Å². The topological polar surface area (TPSA) is 72.2 Å². The Morgan fingerprint density at radius 3 is 2.50 bits per heavy atom. The van der Waals surface area contributed by atoms with Gasteiger partial charge in [-0.25, -0.2) is 13.1 Å². The zero-order chi connectivity index (χ0) is 14.1. The average molecular weight is 313 g/mol. The van der Waals surface area contributed by atoms with E-state index in [1.807, 2.05) is 0 Å². The number of nitrogen functional groups attached to an aromatic ring is 1. The van der Waals surface area contributed by atoms with E-state index in [4.69, 9.17) is 17.3 Å². The molecule has 4 atom stereocenters. The molecule has 3 aliphatic rings. The first-order chi connectivity index (χ1) is 9.47. The Morgan fingerprint density at radius 2 is 1.85 bits per heavy atom. The van der Waals surface area contributed by atoms with Crippen molar-refractivity contribution in [3.63, 3.8) is 0 Å². The van der Waals surface area contributed by atoms with Gasteiger partial charge in [-0.05, 0) is 61.1 Å².